The number of hydrogen-bond donors (Lipinski definition) is 1. The van der Waals surface area contributed by atoms with Gasteiger partial charge in [-0.3, -0.25) is 4.72 Å². The van der Waals surface area contributed by atoms with Crippen LogP contribution in [0.1, 0.15) is 13.3 Å². The first-order valence-corrected chi connectivity index (χ1v) is 10.5. The van der Waals surface area contributed by atoms with Crippen LogP contribution in [0.2, 0.25) is 0 Å². The van der Waals surface area contributed by atoms with E-state index in [1.54, 1.807) is 12.1 Å². The summed E-state index contributed by atoms with van der Waals surface area (Å²) in [5.41, 5.74) is 1.40. The predicted octanol–water partition coefficient (Wildman–Crippen LogP) is 1.07. The lowest BCUT2D eigenvalue weighted by Crippen LogP contribution is -2.36. The van der Waals surface area contributed by atoms with E-state index in [4.69, 9.17) is 0 Å². The van der Waals surface area contributed by atoms with Gasteiger partial charge in [0.15, 0.2) is 9.84 Å². The molecule has 1 atom stereocenters. The monoisotopic (exact) mass is 332 g/mol. The van der Waals surface area contributed by atoms with Gasteiger partial charge in [-0.25, -0.2) is 16.8 Å². The van der Waals surface area contributed by atoms with Crippen molar-refractivity contribution >= 4 is 31.2 Å². The fourth-order valence-corrected chi connectivity index (χ4v) is 4.90. The predicted molar refractivity (Wildman–Crippen MR) is 85.0 cm³/mol. The maximum absolute atomic E-state index is 11.6. The van der Waals surface area contributed by atoms with Gasteiger partial charge in [0.25, 0.3) is 0 Å². The molecule has 1 aromatic rings. The normalized spacial score (nSPS) is 21.1. The van der Waals surface area contributed by atoms with Crippen molar-refractivity contribution in [3.05, 3.63) is 24.3 Å². The van der Waals surface area contributed by atoms with Crippen LogP contribution in [0.5, 0.6) is 0 Å². The van der Waals surface area contributed by atoms with Gasteiger partial charge in [0.2, 0.25) is 10.0 Å². The topological polar surface area (TPSA) is 83.6 Å². The van der Waals surface area contributed by atoms with Crippen LogP contribution in [0.4, 0.5) is 11.4 Å². The fourth-order valence-electron chi connectivity index (χ4n) is 2.61. The number of benzene rings is 1. The zero-order valence-corrected chi connectivity index (χ0v) is 13.7. The molecule has 1 N–H and O–H groups in total. The van der Waals surface area contributed by atoms with E-state index >= 15 is 0 Å². The third-order valence-corrected chi connectivity index (χ3v) is 5.85. The summed E-state index contributed by atoms with van der Waals surface area (Å²) in [6.07, 6.45) is 1.74. The number of rotatable bonds is 5. The van der Waals surface area contributed by atoms with Gasteiger partial charge in [-0.1, -0.05) is 0 Å². The Hall–Kier alpha value is -1.28. The molecule has 0 amide bonds. The molecular weight excluding hydrogens is 312 g/mol. The largest absolute Gasteiger partial charge is 0.368 e. The average Bonchev–Trinajstić information content (AvgIpc) is 2.71. The van der Waals surface area contributed by atoms with E-state index in [0.29, 0.717) is 18.7 Å². The van der Waals surface area contributed by atoms with E-state index in [2.05, 4.69) is 9.62 Å². The van der Waals surface area contributed by atoms with Gasteiger partial charge in [-0.15, -0.1) is 0 Å². The quantitative estimate of drug-likeness (QED) is 0.872. The Balaban J connectivity index is 2.16. The molecule has 1 aliphatic heterocycles. The summed E-state index contributed by atoms with van der Waals surface area (Å²) in [5, 5.41) is 0. The van der Waals surface area contributed by atoms with Crippen LogP contribution in [-0.2, 0) is 19.9 Å². The van der Waals surface area contributed by atoms with Crippen molar-refractivity contribution in [3.63, 3.8) is 0 Å². The zero-order chi connectivity index (χ0) is 15.7. The number of nitrogens with zero attached hydrogens (tertiary/aromatic N) is 1. The molecule has 1 unspecified atom stereocenters. The fraction of sp³-hybridized carbons (Fsp3) is 0.538. The van der Waals surface area contributed by atoms with E-state index in [0.717, 1.165) is 11.9 Å². The highest BCUT2D eigenvalue weighted by molar-refractivity contribution is 7.92. The summed E-state index contributed by atoms with van der Waals surface area (Å²) in [7, 11) is -6.21. The summed E-state index contributed by atoms with van der Waals surface area (Å²) >= 11 is 0. The van der Waals surface area contributed by atoms with Crippen LogP contribution in [0, 0.1) is 0 Å². The Kier molecular flexibility index (Phi) is 4.48. The molecule has 0 radical (unpaired) electrons. The Morgan fingerprint density at radius 2 is 1.90 bits per heavy atom. The van der Waals surface area contributed by atoms with Gasteiger partial charge in [0, 0.05) is 24.0 Å². The highest BCUT2D eigenvalue weighted by atomic mass is 32.2. The smallest absolute Gasteiger partial charge is 0.229 e. The van der Waals surface area contributed by atoms with Crippen molar-refractivity contribution < 1.29 is 16.8 Å². The highest BCUT2D eigenvalue weighted by Gasteiger charge is 2.31. The van der Waals surface area contributed by atoms with Gasteiger partial charge in [-0.05, 0) is 37.6 Å². The average molecular weight is 332 g/mol. The Bertz CT molecular complexity index is 696. The summed E-state index contributed by atoms with van der Waals surface area (Å²) in [5.74, 6) is 0.423. The molecular formula is C13H20N2O4S2. The standard InChI is InChI=1S/C13H20N2O4S2/c1-3-15(13-8-9-21(18,19)10-13)12-6-4-11(5-7-12)14-20(2,16)17/h4-7,13-14H,3,8-10H2,1-2H3. The van der Waals surface area contributed by atoms with Crippen molar-refractivity contribution in [2.75, 3.05) is 33.9 Å². The molecule has 1 fully saturated rings. The van der Waals surface area contributed by atoms with Crippen molar-refractivity contribution in [3.8, 4) is 0 Å². The van der Waals surface area contributed by atoms with Crippen molar-refractivity contribution in [1.29, 1.82) is 0 Å². The van der Waals surface area contributed by atoms with Crippen molar-refractivity contribution in [1.82, 2.24) is 0 Å². The molecule has 2 rings (SSSR count). The van der Waals surface area contributed by atoms with Gasteiger partial charge < -0.3 is 4.90 Å². The van der Waals surface area contributed by atoms with E-state index in [1.807, 2.05) is 19.1 Å². The lowest BCUT2D eigenvalue weighted by molar-refractivity contribution is 0.599. The molecule has 6 nitrogen and oxygen atoms in total. The number of sulfone groups is 1. The number of anilines is 2. The minimum Gasteiger partial charge on any atom is -0.368 e. The maximum atomic E-state index is 11.6. The molecule has 1 aromatic carbocycles. The van der Waals surface area contributed by atoms with Gasteiger partial charge in [-0.2, -0.15) is 0 Å². The summed E-state index contributed by atoms with van der Waals surface area (Å²) in [6.45, 7) is 2.69. The lowest BCUT2D eigenvalue weighted by Gasteiger charge is -2.29. The molecule has 1 heterocycles. The molecule has 8 heteroatoms. The number of hydrogen-bond acceptors (Lipinski definition) is 5. The van der Waals surface area contributed by atoms with Crippen LogP contribution in [-0.4, -0.2) is 47.2 Å². The third kappa shape index (κ3) is 4.34. The molecule has 118 valence electrons. The minimum atomic E-state index is -3.29. The zero-order valence-electron chi connectivity index (χ0n) is 12.1. The Morgan fingerprint density at radius 3 is 2.33 bits per heavy atom. The van der Waals surface area contributed by atoms with Crippen LogP contribution in [0.15, 0.2) is 24.3 Å². The first-order chi connectivity index (χ1) is 9.70. The first kappa shape index (κ1) is 16.1. The summed E-state index contributed by atoms with van der Waals surface area (Å²) in [6, 6.07) is 6.98. The molecule has 1 saturated heterocycles. The van der Waals surface area contributed by atoms with Crippen LogP contribution < -0.4 is 9.62 Å². The first-order valence-electron chi connectivity index (χ1n) is 6.75. The number of nitrogens with one attached hydrogen (secondary N) is 1. The second kappa shape index (κ2) is 5.84. The summed E-state index contributed by atoms with van der Waals surface area (Å²) < 4.78 is 47.9. The van der Waals surface area contributed by atoms with Gasteiger partial charge in [0.1, 0.15) is 0 Å². The molecule has 0 aromatic heterocycles. The Morgan fingerprint density at radius 1 is 1.29 bits per heavy atom. The molecule has 21 heavy (non-hydrogen) atoms. The molecule has 0 bridgehead atoms. The van der Waals surface area contributed by atoms with Crippen LogP contribution in [0.3, 0.4) is 0 Å². The van der Waals surface area contributed by atoms with E-state index < -0.39 is 19.9 Å². The van der Waals surface area contributed by atoms with Crippen molar-refractivity contribution in [2.45, 2.75) is 19.4 Å². The van der Waals surface area contributed by atoms with E-state index in [1.165, 1.54) is 0 Å². The van der Waals surface area contributed by atoms with Crippen LogP contribution in [0.25, 0.3) is 0 Å². The molecule has 1 aliphatic rings. The minimum absolute atomic E-state index is 0.00582. The molecule has 0 spiro atoms. The van der Waals surface area contributed by atoms with Gasteiger partial charge in [0.05, 0.1) is 17.8 Å². The molecule has 0 aliphatic carbocycles. The van der Waals surface area contributed by atoms with Crippen molar-refractivity contribution in [2.24, 2.45) is 0 Å². The van der Waals surface area contributed by atoms with Gasteiger partial charge >= 0.3 is 0 Å². The number of sulfonamides is 1. The maximum Gasteiger partial charge on any atom is 0.229 e. The second-order valence-corrected chi connectivity index (χ2v) is 9.24. The third-order valence-electron chi connectivity index (χ3n) is 3.49. The highest BCUT2D eigenvalue weighted by Crippen LogP contribution is 2.25. The van der Waals surface area contributed by atoms with Crippen LogP contribution >= 0.6 is 0 Å². The second-order valence-electron chi connectivity index (χ2n) is 5.26. The van der Waals surface area contributed by atoms with E-state index in [-0.39, 0.29) is 17.5 Å². The summed E-state index contributed by atoms with van der Waals surface area (Å²) in [4.78, 5) is 2.05. The lowest BCUT2D eigenvalue weighted by atomic mass is 10.2. The SMILES string of the molecule is CCN(c1ccc(NS(C)(=O)=O)cc1)C1CCS(=O)(=O)C1. The van der Waals surface area contributed by atoms with E-state index in [9.17, 15) is 16.8 Å². The molecule has 0 saturated carbocycles. The Labute approximate surface area is 126 Å².